The van der Waals surface area contributed by atoms with Gasteiger partial charge in [-0.2, -0.15) is 0 Å². The van der Waals surface area contributed by atoms with Crippen LogP contribution in [0.2, 0.25) is 0 Å². The lowest BCUT2D eigenvalue weighted by Crippen LogP contribution is -1.92. The fourth-order valence-corrected chi connectivity index (χ4v) is 2.93. The molecule has 3 rings (SSSR count). The van der Waals surface area contributed by atoms with Crippen LogP contribution in [-0.4, -0.2) is 11.1 Å². The Labute approximate surface area is 118 Å². The summed E-state index contributed by atoms with van der Waals surface area (Å²) < 4.78 is 0. The lowest BCUT2D eigenvalue weighted by Gasteiger charge is -2.05. The summed E-state index contributed by atoms with van der Waals surface area (Å²) in [6, 6.07) is 12.4. The van der Waals surface area contributed by atoms with Gasteiger partial charge in [0.25, 0.3) is 0 Å². The Morgan fingerprint density at radius 1 is 1.15 bits per heavy atom. The van der Waals surface area contributed by atoms with Crippen molar-refractivity contribution in [1.82, 2.24) is 0 Å². The van der Waals surface area contributed by atoms with Gasteiger partial charge in [-0.05, 0) is 52.3 Å². The Hall–Kier alpha value is -2.35. The standard InChI is InChI=1S/C18H16O2/c1-3-12-7-8-14-15(9-12)16(10-17(19)20)13-6-4-5-11(2)18(13)14/h4-10H,3H2,1-2H3,(H,19,20)/b16-10-. The monoisotopic (exact) mass is 264 g/mol. The summed E-state index contributed by atoms with van der Waals surface area (Å²) in [6.07, 6.45) is 2.27. The molecule has 1 aliphatic carbocycles. The van der Waals surface area contributed by atoms with Crippen LogP contribution in [0, 0.1) is 6.92 Å². The van der Waals surface area contributed by atoms with Crippen molar-refractivity contribution >= 4 is 11.5 Å². The molecule has 0 spiro atoms. The van der Waals surface area contributed by atoms with E-state index < -0.39 is 5.97 Å². The molecule has 0 unspecified atom stereocenters. The molecule has 100 valence electrons. The molecular formula is C18H16O2. The molecule has 2 nitrogen and oxygen atoms in total. The number of aliphatic carboxylic acids is 1. The van der Waals surface area contributed by atoms with Crippen molar-refractivity contribution in [3.63, 3.8) is 0 Å². The van der Waals surface area contributed by atoms with E-state index in [1.54, 1.807) is 0 Å². The maximum absolute atomic E-state index is 11.1. The zero-order valence-electron chi connectivity index (χ0n) is 11.6. The molecule has 0 aliphatic heterocycles. The summed E-state index contributed by atoms with van der Waals surface area (Å²) in [7, 11) is 0. The van der Waals surface area contributed by atoms with E-state index in [9.17, 15) is 4.79 Å². The fraction of sp³-hybridized carbons (Fsp3) is 0.167. The highest BCUT2D eigenvalue weighted by atomic mass is 16.4. The van der Waals surface area contributed by atoms with E-state index in [-0.39, 0.29) is 0 Å². The van der Waals surface area contributed by atoms with E-state index in [2.05, 4.69) is 38.1 Å². The van der Waals surface area contributed by atoms with Crippen LogP contribution in [-0.2, 0) is 11.2 Å². The number of fused-ring (bicyclic) bond motifs is 3. The van der Waals surface area contributed by atoms with Gasteiger partial charge in [0.1, 0.15) is 0 Å². The number of rotatable bonds is 2. The van der Waals surface area contributed by atoms with Gasteiger partial charge in [0, 0.05) is 6.08 Å². The molecule has 0 atom stereocenters. The van der Waals surface area contributed by atoms with Crippen LogP contribution in [0.3, 0.4) is 0 Å². The minimum absolute atomic E-state index is 0.821. The van der Waals surface area contributed by atoms with Crippen LogP contribution in [0.25, 0.3) is 16.7 Å². The van der Waals surface area contributed by atoms with Crippen molar-refractivity contribution < 1.29 is 9.90 Å². The van der Waals surface area contributed by atoms with Gasteiger partial charge in [-0.1, -0.05) is 43.3 Å². The fourth-order valence-electron chi connectivity index (χ4n) is 2.93. The average Bonchev–Trinajstić information content (AvgIpc) is 2.73. The summed E-state index contributed by atoms with van der Waals surface area (Å²) in [6.45, 7) is 4.18. The zero-order chi connectivity index (χ0) is 14.3. The van der Waals surface area contributed by atoms with E-state index in [0.717, 1.165) is 34.2 Å². The second-order valence-corrected chi connectivity index (χ2v) is 5.13. The normalized spacial score (nSPS) is 14.2. The second kappa shape index (κ2) is 4.64. The first-order valence-corrected chi connectivity index (χ1v) is 6.80. The molecule has 0 bridgehead atoms. The van der Waals surface area contributed by atoms with E-state index in [1.807, 2.05) is 12.1 Å². The van der Waals surface area contributed by atoms with Crippen molar-refractivity contribution in [2.45, 2.75) is 20.3 Å². The van der Waals surface area contributed by atoms with Crippen LogP contribution in [0.4, 0.5) is 0 Å². The number of hydrogen-bond donors (Lipinski definition) is 1. The summed E-state index contributed by atoms with van der Waals surface area (Å²) >= 11 is 0. The molecule has 0 amide bonds. The van der Waals surface area contributed by atoms with Gasteiger partial charge in [0.2, 0.25) is 0 Å². The third-order valence-corrected chi connectivity index (χ3v) is 3.88. The lowest BCUT2D eigenvalue weighted by molar-refractivity contribution is -0.131. The van der Waals surface area contributed by atoms with Crippen LogP contribution in [0.1, 0.15) is 29.2 Å². The van der Waals surface area contributed by atoms with E-state index in [0.29, 0.717) is 0 Å². The Bertz CT molecular complexity index is 739. The van der Waals surface area contributed by atoms with E-state index in [4.69, 9.17) is 5.11 Å². The molecule has 20 heavy (non-hydrogen) atoms. The number of hydrogen-bond acceptors (Lipinski definition) is 1. The molecule has 0 saturated carbocycles. The highest BCUT2D eigenvalue weighted by Crippen LogP contribution is 2.45. The first kappa shape index (κ1) is 12.7. The van der Waals surface area contributed by atoms with Gasteiger partial charge in [-0.3, -0.25) is 0 Å². The zero-order valence-corrected chi connectivity index (χ0v) is 11.6. The predicted molar refractivity (Wildman–Crippen MR) is 80.7 cm³/mol. The van der Waals surface area contributed by atoms with Crippen LogP contribution in [0.5, 0.6) is 0 Å². The third kappa shape index (κ3) is 1.85. The molecule has 2 aromatic carbocycles. The largest absolute Gasteiger partial charge is 0.478 e. The van der Waals surface area contributed by atoms with Crippen LogP contribution < -0.4 is 0 Å². The molecule has 0 aromatic heterocycles. The summed E-state index contributed by atoms with van der Waals surface area (Å²) in [5, 5.41) is 9.14. The number of aryl methyl sites for hydroxylation is 2. The van der Waals surface area contributed by atoms with Crippen LogP contribution in [0.15, 0.2) is 42.5 Å². The molecule has 0 saturated heterocycles. The van der Waals surface area contributed by atoms with Crippen molar-refractivity contribution in [2.75, 3.05) is 0 Å². The third-order valence-electron chi connectivity index (χ3n) is 3.88. The molecule has 1 N–H and O–H groups in total. The molecule has 1 aliphatic rings. The number of carbonyl (C=O) groups is 1. The van der Waals surface area contributed by atoms with Crippen molar-refractivity contribution in [2.24, 2.45) is 0 Å². The minimum atomic E-state index is -0.901. The van der Waals surface area contributed by atoms with Gasteiger partial charge >= 0.3 is 5.97 Å². The van der Waals surface area contributed by atoms with Gasteiger partial charge in [0.05, 0.1) is 0 Å². The highest BCUT2D eigenvalue weighted by molar-refractivity contribution is 6.07. The number of carboxylic acid groups (broad SMARTS) is 1. The van der Waals surface area contributed by atoms with Gasteiger partial charge in [-0.25, -0.2) is 4.79 Å². The SMILES string of the molecule is CCc1ccc2c(c1)/C(=C\C(=O)O)c1cccc(C)c1-2. The maximum atomic E-state index is 11.1. The Morgan fingerprint density at radius 3 is 2.65 bits per heavy atom. The quantitative estimate of drug-likeness (QED) is 0.709. The highest BCUT2D eigenvalue weighted by Gasteiger charge is 2.25. The summed E-state index contributed by atoms with van der Waals surface area (Å²) in [5.41, 5.74) is 7.60. The van der Waals surface area contributed by atoms with Crippen LogP contribution >= 0.6 is 0 Å². The molecule has 0 heterocycles. The smallest absolute Gasteiger partial charge is 0.328 e. The molecule has 2 aromatic rings. The minimum Gasteiger partial charge on any atom is -0.478 e. The first-order valence-electron chi connectivity index (χ1n) is 6.80. The molecule has 2 heteroatoms. The summed E-state index contributed by atoms with van der Waals surface area (Å²) in [4.78, 5) is 11.1. The predicted octanol–water partition coefficient (Wildman–Crippen LogP) is 4.05. The molecular weight excluding hydrogens is 248 g/mol. The maximum Gasteiger partial charge on any atom is 0.328 e. The Kier molecular flexibility index (Phi) is 2.94. The van der Waals surface area contributed by atoms with E-state index >= 15 is 0 Å². The van der Waals surface area contributed by atoms with Crippen molar-refractivity contribution in [3.05, 3.63) is 64.7 Å². The summed E-state index contributed by atoms with van der Waals surface area (Å²) in [5.74, 6) is -0.901. The van der Waals surface area contributed by atoms with Crippen molar-refractivity contribution in [1.29, 1.82) is 0 Å². The van der Waals surface area contributed by atoms with Gasteiger partial charge < -0.3 is 5.11 Å². The second-order valence-electron chi connectivity index (χ2n) is 5.13. The lowest BCUT2D eigenvalue weighted by atomic mass is 9.99. The average molecular weight is 264 g/mol. The Balaban J connectivity index is 2.35. The Morgan fingerprint density at radius 2 is 1.95 bits per heavy atom. The molecule has 0 radical (unpaired) electrons. The first-order chi connectivity index (χ1) is 9.61. The number of carboxylic acids is 1. The number of benzene rings is 2. The van der Waals surface area contributed by atoms with E-state index in [1.165, 1.54) is 17.2 Å². The molecule has 0 fully saturated rings. The van der Waals surface area contributed by atoms with Crippen molar-refractivity contribution in [3.8, 4) is 11.1 Å². The van der Waals surface area contributed by atoms with Gasteiger partial charge in [0.15, 0.2) is 0 Å². The topological polar surface area (TPSA) is 37.3 Å². The van der Waals surface area contributed by atoms with Gasteiger partial charge in [-0.15, -0.1) is 0 Å².